The third-order valence-corrected chi connectivity index (χ3v) is 2.35. The van der Waals surface area contributed by atoms with Crippen molar-refractivity contribution in [1.29, 1.82) is 0 Å². The van der Waals surface area contributed by atoms with Crippen molar-refractivity contribution in [1.82, 2.24) is 9.97 Å². The lowest BCUT2D eigenvalue weighted by Gasteiger charge is -2.06. The van der Waals surface area contributed by atoms with Crippen LogP contribution in [0.3, 0.4) is 0 Å². The van der Waals surface area contributed by atoms with Crippen LogP contribution in [0, 0.1) is 6.92 Å². The summed E-state index contributed by atoms with van der Waals surface area (Å²) < 4.78 is 0. The fourth-order valence-electron chi connectivity index (χ4n) is 1.35. The average molecular weight is 199 g/mol. The van der Waals surface area contributed by atoms with E-state index in [1.54, 1.807) is 0 Å². The second-order valence-corrected chi connectivity index (χ2v) is 3.46. The molecule has 0 aromatic carbocycles. The number of halogens is 1. The van der Waals surface area contributed by atoms with Gasteiger partial charge in [-0.2, -0.15) is 0 Å². The van der Waals surface area contributed by atoms with Gasteiger partial charge in [-0.05, 0) is 19.8 Å². The molecule has 1 aromatic rings. The maximum Gasteiger partial charge on any atom is 0.136 e. The smallest absolute Gasteiger partial charge is 0.136 e. The molecule has 0 fully saturated rings. The molecule has 0 spiro atoms. The molecule has 1 aromatic heterocycles. The van der Waals surface area contributed by atoms with Crippen LogP contribution in [-0.2, 0) is 12.8 Å². The van der Waals surface area contributed by atoms with E-state index in [1.807, 2.05) is 6.92 Å². The average Bonchev–Trinajstić information content (AvgIpc) is 2.04. The Bertz CT molecular complexity index is 274. The van der Waals surface area contributed by atoms with Gasteiger partial charge in [0.2, 0.25) is 0 Å². The molecule has 72 valence electrons. The summed E-state index contributed by atoms with van der Waals surface area (Å²) >= 11 is 6.02. The molecule has 0 bridgehead atoms. The molecule has 1 heterocycles. The maximum absolute atomic E-state index is 6.02. The second kappa shape index (κ2) is 4.56. The van der Waals surface area contributed by atoms with Gasteiger partial charge >= 0.3 is 0 Å². The van der Waals surface area contributed by atoms with Crippen molar-refractivity contribution < 1.29 is 0 Å². The van der Waals surface area contributed by atoms with Crippen LogP contribution in [-0.4, -0.2) is 9.97 Å². The van der Waals surface area contributed by atoms with E-state index in [2.05, 4.69) is 23.8 Å². The molecule has 0 aliphatic heterocycles. The van der Waals surface area contributed by atoms with Crippen LogP contribution in [0.4, 0.5) is 0 Å². The van der Waals surface area contributed by atoms with E-state index in [0.717, 1.165) is 36.3 Å². The Morgan fingerprint density at radius 1 is 1.23 bits per heavy atom. The van der Waals surface area contributed by atoms with Crippen LogP contribution in [0.15, 0.2) is 0 Å². The molecule has 13 heavy (non-hydrogen) atoms. The molecule has 0 radical (unpaired) electrons. The van der Waals surface area contributed by atoms with E-state index in [1.165, 1.54) is 0 Å². The Balaban J connectivity index is 3.05. The van der Waals surface area contributed by atoms with Gasteiger partial charge in [-0.1, -0.05) is 25.4 Å². The Hall–Kier alpha value is -0.630. The highest BCUT2D eigenvalue weighted by atomic mass is 35.5. The number of hydrogen-bond donors (Lipinski definition) is 0. The van der Waals surface area contributed by atoms with Crippen LogP contribution in [0.2, 0.25) is 5.15 Å². The normalized spacial score (nSPS) is 10.5. The Morgan fingerprint density at radius 3 is 2.38 bits per heavy atom. The lowest BCUT2D eigenvalue weighted by molar-refractivity contribution is 0.813. The topological polar surface area (TPSA) is 25.8 Å². The summed E-state index contributed by atoms with van der Waals surface area (Å²) in [6, 6.07) is 0. The number of aromatic nitrogens is 2. The molecule has 0 saturated heterocycles. The second-order valence-electron chi connectivity index (χ2n) is 3.10. The van der Waals surface area contributed by atoms with Gasteiger partial charge < -0.3 is 0 Å². The zero-order chi connectivity index (χ0) is 9.84. The van der Waals surface area contributed by atoms with E-state index >= 15 is 0 Å². The first-order valence-electron chi connectivity index (χ1n) is 4.70. The Morgan fingerprint density at radius 2 is 1.92 bits per heavy atom. The SMILES string of the molecule is CCCc1nc(C)c(CC)c(Cl)n1. The predicted octanol–water partition coefficient (Wildman–Crippen LogP) is 2.95. The van der Waals surface area contributed by atoms with Gasteiger partial charge in [-0.3, -0.25) is 0 Å². The fraction of sp³-hybridized carbons (Fsp3) is 0.600. The molecule has 0 aliphatic rings. The van der Waals surface area contributed by atoms with Crippen LogP contribution in [0.5, 0.6) is 0 Å². The summed E-state index contributed by atoms with van der Waals surface area (Å²) in [5, 5.41) is 0.624. The number of aryl methyl sites for hydroxylation is 2. The van der Waals surface area contributed by atoms with Gasteiger partial charge in [-0.25, -0.2) is 9.97 Å². The molecular weight excluding hydrogens is 184 g/mol. The van der Waals surface area contributed by atoms with Gasteiger partial charge in [0, 0.05) is 17.7 Å². The minimum absolute atomic E-state index is 0.624. The minimum atomic E-state index is 0.624. The third-order valence-electron chi connectivity index (χ3n) is 2.04. The van der Waals surface area contributed by atoms with E-state index < -0.39 is 0 Å². The van der Waals surface area contributed by atoms with Crippen molar-refractivity contribution in [3.05, 3.63) is 22.2 Å². The number of rotatable bonds is 3. The lowest BCUT2D eigenvalue weighted by atomic mass is 10.2. The number of hydrogen-bond acceptors (Lipinski definition) is 2. The van der Waals surface area contributed by atoms with Crippen molar-refractivity contribution in [2.75, 3.05) is 0 Å². The quantitative estimate of drug-likeness (QED) is 0.698. The van der Waals surface area contributed by atoms with Gasteiger partial charge in [0.25, 0.3) is 0 Å². The number of nitrogens with zero attached hydrogens (tertiary/aromatic N) is 2. The van der Waals surface area contributed by atoms with Crippen molar-refractivity contribution in [2.45, 2.75) is 40.0 Å². The van der Waals surface area contributed by atoms with Crippen molar-refractivity contribution in [3.63, 3.8) is 0 Å². The minimum Gasteiger partial charge on any atom is -0.238 e. The molecule has 1 rings (SSSR count). The molecule has 3 heteroatoms. The van der Waals surface area contributed by atoms with Gasteiger partial charge in [-0.15, -0.1) is 0 Å². The zero-order valence-electron chi connectivity index (χ0n) is 8.39. The van der Waals surface area contributed by atoms with E-state index in [0.29, 0.717) is 5.15 Å². The summed E-state index contributed by atoms with van der Waals surface area (Å²) in [7, 11) is 0. The van der Waals surface area contributed by atoms with E-state index in [4.69, 9.17) is 11.6 Å². The molecule has 0 atom stereocenters. The first-order chi connectivity index (χ1) is 6.19. The summed E-state index contributed by atoms with van der Waals surface area (Å²) in [6.07, 6.45) is 2.86. The molecular formula is C10H15ClN2. The molecule has 2 nitrogen and oxygen atoms in total. The standard InChI is InChI=1S/C10H15ClN2/c1-4-6-9-12-7(3)8(5-2)10(11)13-9/h4-6H2,1-3H3. The van der Waals surface area contributed by atoms with Crippen LogP contribution >= 0.6 is 11.6 Å². The van der Waals surface area contributed by atoms with E-state index in [-0.39, 0.29) is 0 Å². The van der Waals surface area contributed by atoms with Crippen molar-refractivity contribution in [3.8, 4) is 0 Å². The highest BCUT2D eigenvalue weighted by Gasteiger charge is 2.06. The molecule has 0 saturated carbocycles. The first kappa shape index (κ1) is 10.5. The third kappa shape index (κ3) is 2.41. The Kier molecular flexibility index (Phi) is 3.67. The zero-order valence-corrected chi connectivity index (χ0v) is 9.15. The van der Waals surface area contributed by atoms with Crippen LogP contribution in [0.25, 0.3) is 0 Å². The van der Waals surface area contributed by atoms with Crippen molar-refractivity contribution >= 4 is 11.6 Å². The molecule has 0 aliphatic carbocycles. The largest absolute Gasteiger partial charge is 0.238 e. The van der Waals surface area contributed by atoms with Gasteiger partial charge in [0.15, 0.2) is 0 Å². The monoisotopic (exact) mass is 198 g/mol. The first-order valence-corrected chi connectivity index (χ1v) is 5.08. The summed E-state index contributed by atoms with van der Waals surface area (Å²) in [5.41, 5.74) is 2.09. The molecule has 0 unspecified atom stereocenters. The van der Waals surface area contributed by atoms with E-state index in [9.17, 15) is 0 Å². The highest BCUT2D eigenvalue weighted by molar-refractivity contribution is 6.30. The highest BCUT2D eigenvalue weighted by Crippen LogP contribution is 2.17. The summed E-state index contributed by atoms with van der Waals surface area (Å²) in [6.45, 7) is 6.17. The van der Waals surface area contributed by atoms with Crippen LogP contribution < -0.4 is 0 Å². The maximum atomic E-state index is 6.02. The summed E-state index contributed by atoms with van der Waals surface area (Å²) in [4.78, 5) is 8.65. The summed E-state index contributed by atoms with van der Waals surface area (Å²) in [5.74, 6) is 0.863. The predicted molar refractivity (Wildman–Crippen MR) is 55.2 cm³/mol. The molecule has 0 N–H and O–H groups in total. The molecule has 0 amide bonds. The lowest BCUT2D eigenvalue weighted by Crippen LogP contribution is -2.02. The fourth-order valence-corrected chi connectivity index (χ4v) is 1.72. The van der Waals surface area contributed by atoms with Gasteiger partial charge in [0.1, 0.15) is 11.0 Å². The van der Waals surface area contributed by atoms with Gasteiger partial charge in [0.05, 0.1) is 0 Å². The Labute approximate surface area is 84.4 Å². The van der Waals surface area contributed by atoms with Crippen molar-refractivity contribution in [2.24, 2.45) is 0 Å². The van der Waals surface area contributed by atoms with Crippen LogP contribution in [0.1, 0.15) is 37.4 Å².